The Morgan fingerprint density at radius 3 is 2.58 bits per heavy atom. The lowest BCUT2D eigenvalue weighted by atomic mass is 10.1. The summed E-state index contributed by atoms with van der Waals surface area (Å²) in [5.74, 6) is -2.66. The number of nitriles is 1. The minimum Gasteiger partial charge on any atom is -0.338 e. The third-order valence-corrected chi connectivity index (χ3v) is 6.48. The highest BCUT2D eigenvalue weighted by atomic mass is 32.1. The number of alkyl halides is 2. The topological polar surface area (TPSA) is 113 Å². The lowest BCUT2D eigenvalue weighted by Gasteiger charge is -2.31. The predicted octanol–water partition coefficient (Wildman–Crippen LogP) is 3.29. The van der Waals surface area contributed by atoms with Gasteiger partial charge in [-0.1, -0.05) is 0 Å². The number of piperidine rings is 1. The summed E-state index contributed by atoms with van der Waals surface area (Å²) in [6.07, 6.45) is 3.89. The number of rotatable bonds is 3. The first kappa shape index (κ1) is 21.0. The standard InChI is InChI=1S/C21H16F2N8OS/c1-30-14(2-5-27-30)17-13-8-15(20(32)31-6-3-21(22,23)4-7-31)33-19(13)29-18(28-17)12-10-25-16(9-24)26-11-12/h2,5,8,10-11H,3-4,6-7H2,1H3. The molecule has 1 fully saturated rings. The van der Waals surface area contributed by atoms with Crippen LogP contribution in [0.1, 0.15) is 28.3 Å². The van der Waals surface area contributed by atoms with E-state index in [2.05, 4.69) is 25.0 Å². The van der Waals surface area contributed by atoms with Crippen LogP contribution < -0.4 is 0 Å². The zero-order chi connectivity index (χ0) is 23.2. The van der Waals surface area contributed by atoms with Gasteiger partial charge in [0.1, 0.15) is 16.6 Å². The van der Waals surface area contributed by atoms with Crippen LogP contribution in [0.2, 0.25) is 0 Å². The minimum absolute atomic E-state index is 0.00811. The number of hydrogen-bond acceptors (Lipinski definition) is 8. The minimum atomic E-state index is -2.73. The average Bonchev–Trinajstić information content (AvgIpc) is 3.44. The van der Waals surface area contributed by atoms with E-state index in [1.165, 1.54) is 28.6 Å². The molecule has 0 saturated carbocycles. The molecule has 0 bridgehead atoms. The van der Waals surface area contributed by atoms with E-state index in [-0.39, 0.29) is 37.7 Å². The number of carbonyl (C=O) groups is 1. The van der Waals surface area contributed by atoms with Crippen LogP contribution in [0.5, 0.6) is 0 Å². The summed E-state index contributed by atoms with van der Waals surface area (Å²) in [7, 11) is 1.78. The Kier molecular flexibility index (Phi) is 5.05. The zero-order valence-electron chi connectivity index (χ0n) is 17.4. The van der Waals surface area contributed by atoms with E-state index in [9.17, 15) is 13.6 Å². The molecular formula is C21H16F2N8OS. The Morgan fingerprint density at radius 2 is 1.94 bits per heavy atom. The fourth-order valence-corrected chi connectivity index (χ4v) is 4.65. The molecule has 1 amide bonds. The number of thiophene rings is 1. The number of likely N-dealkylation sites (tertiary alicyclic amines) is 1. The molecule has 1 aliphatic rings. The number of carbonyl (C=O) groups excluding carboxylic acids is 1. The maximum atomic E-state index is 13.5. The van der Waals surface area contributed by atoms with Gasteiger partial charge in [-0.2, -0.15) is 10.4 Å². The van der Waals surface area contributed by atoms with Crippen molar-refractivity contribution in [3.05, 3.63) is 41.4 Å². The van der Waals surface area contributed by atoms with E-state index in [0.29, 0.717) is 37.9 Å². The molecule has 0 atom stereocenters. The van der Waals surface area contributed by atoms with Crippen LogP contribution in [0, 0.1) is 11.3 Å². The van der Waals surface area contributed by atoms with Gasteiger partial charge in [0.2, 0.25) is 5.82 Å². The molecule has 0 unspecified atom stereocenters. The van der Waals surface area contributed by atoms with Gasteiger partial charge in [0.25, 0.3) is 11.8 Å². The molecule has 5 heterocycles. The maximum Gasteiger partial charge on any atom is 0.264 e. The maximum absolute atomic E-state index is 13.5. The Balaban J connectivity index is 1.60. The first-order chi connectivity index (χ1) is 15.8. The predicted molar refractivity (Wildman–Crippen MR) is 115 cm³/mol. The van der Waals surface area contributed by atoms with Crippen LogP contribution in [0.15, 0.2) is 30.7 Å². The van der Waals surface area contributed by atoms with E-state index >= 15 is 0 Å². The Labute approximate surface area is 190 Å². The molecule has 12 heteroatoms. The van der Waals surface area contributed by atoms with Gasteiger partial charge in [-0.05, 0) is 12.1 Å². The van der Waals surface area contributed by atoms with Crippen LogP contribution in [0.3, 0.4) is 0 Å². The number of aryl methyl sites for hydroxylation is 1. The summed E-state index contributed by atoms with van der Waals surface area (Å²) in [6, 6.07) is 5.37. The van der Waals surface area contributed by atoms with Crippen molar-refractivity contribution in [1.29, 1.82) is 5.26 Å². The third-order valence-electron chi connectivity index (χ3n) is 5.46. The lowest BCUT2D eigenvalue weighted by molar-refractivity contribution is -0.0493. The van der Waals surface area contributed by atoms with Gasteiger partial charge in [-0.25, -0.2) is 28.7 Å². The normalized spacial score (nSPS) is 15.5. The molecule has 33 heavy (non-hydrogen) atoms. The fourth-order valence-electron chi connectivity index (χ4n) is 3.65. The monoisotopic (exact) mass is 466 g/mol. The fraction of sp³-hybridized carbons (Fsp3) is 0.286. The van der Waals surface area contributed by atoms with Crippen LogP contribution in [0.25, 0.3) is 33.0 Å². The molecule has 166 valence electrons. The Hall–Kier alpha value is -3.85. The molecule has 0 N–H and O–H groups in total. The van der Waals surface area contributed by atoms with Crippen LogP contribution in [0.4, 0.5) is 8.78 Å². The second-order valence-electron chi connectivity index (χ2n) is 7.62. The van der Waals surface area contributed by atoms with E-state index in [1.54, 1.807) is 30.1 Å². The van der Waals surface area contributed by atoms with E-state index < -0.39 is 5.92 Å². The van der Waals surface area contributed by atoms with Crippen LogP contribution in [-0.2, 0) is 7.05 Å². The molecule has 0 radical (unpaired) electrons. The number of aromatic nitrogens is 6. The summed E-state index contributed by atoms with van der Waals surface area (Å²) in [6.45, 7) is 0.0162. The number of fused-ring (bicyclic) bond motifs is 1. The SMILES string of the molecule is Cn1nccc1-c1nc(-c2cnc(C#N)nc2)nc2sc(C(=O)N3CCC(F)(F)CC3)cc12. The molecule has 4 aromatic heterocycles. The van der Waals surface area contributed by atoms with Gasteiger partial charge in [0.05, 0.1) is 16.1 Å². The third kappa shape index (κ3) is 3.91. The van der Waals surface area contributed by atoms with E-state index in [1.807, 2.05) is 6.07 Å². The van der Waals surface area contributed by atoms with Crippen molar-refractivity contribution in [2.24, 2.45) is 7.05 Å². The van der Waals surface area contributed by atoms with Gasteiger partial charge in [-0.3, -0.25) is 9.48 Å². The van der Waals surface area contributed by atoms with Gasteiger partial charge in [0, 0.05) is 57.0 Å². The highest BCUT2D eigenvalue weighted by Crippen LogP contribution is 2.35. The lowest BCUT2D eigenvalue weighted by Crippen LogP contribution is -2.42. The van der Waals surface area contributed by atoms with Gasteiger partial charge in [-0.15, -0.1) is 11.3 Å². The molecule has 0 aromatic carbocycles. The van der Waals surface area contributed by atoms with Crippen molar-refractivity contribution in [3.8, 4) is 28.8 Å². The summed E-state index contributed by atoms with van der Waals surface area (Å²) < 4.78 is 28.7. The summed E-state index contributed by atoms with van der Waals surface area (Å²) >= 11 is 1.18. The number of hydrogen-bond donors (Lipinski definition) is 0. The molecule has 9 nitrogen and oxygen atoms in total. The number of amides is 1. The number of halogens is 2. The first-order valence-corrected chi connectivity index (χ1v) is 10.9. The highest BCUT2D eigenvalue weighted by molar-refractivity contribution is 7.20. The van der Waals surface area contributed by atoms with Crippen molar-refractivity contribution < 1.29 is 13.6 Å². The molecule has 4 aromatic rings. The van der Waals surface area contributed by atoms with Gasteiger partial charge in [0.15, 0.2) is 5.82 Å². The molecular weight excluding hydrogens is 450 g/mol. The molecule has 1 saturated heterocycles. The quantitative estimate of drug-likeness (QED) is 0.455. The summed E-state index contributed by atoms with van der Waals surface area (Å²) in [5.41, 5.74) is 1.80. The first-order valence-electron chi connectivity index (χ1n) is 10.0. The Bertz CT molecular complexity index is 1400. The summed E-state index contributed by atoms with van der Waals surface area (Å²) in [4.78, 5) is 32.7. The van der Waals surface area contributed by atoms with Crippen molar-refractivity contribution in [3.63, 3.8) is 0 Å². The van der Waals surface area contributed by atoms with Crippen LogP contribution in [-0.4, -0.2) is 59.5 Å². The van der Waals surface area contributed by atoms with Crippen molar-refractivity contribution in [2.45, 2.75) is 18.8 Å². The van der Waals surface area contributed by atoms with E-state index in [0.717, 1.165) is 0 Å². The van der Waals surface area contributed by atoms with Crippen molar-refractivity contribution >= 4 is 27.5 Å². The van der Waals surface area contributed by atoms with E-state index in [4.69, 9.17) is 5.26 Å². The summed E-state index contributed by atoms with van der Waals surface area (Å²) in [5, 5.41) is 13.8. The number of nitrogens with zero attached hydrogens (tertiary/aromatic N) is 8. The smallest absolute Gasteiger partial charge is 0.264 e. The Morgan fingerprint density at radius 1 is 1.21 bits per heavy atom. The molecule has 5 rings (SSSR count). The molecule has 0 spiro atoms. The van der Waals surface area contributed by atoms with Gasteiger partial charge >= 0.3 is 0 Å². The highest BCUT2D eigenvalue weighted by Gasteiger charge is 2.36. The van der Waals surface area contributed by atoms with Gasteiger partial charge < -0.3 is 4.90 Å². The van der Waals surface area contributed by atoms with Crippen molar-refractivity contribution in [1.82, 2.24) is 34.6 Å². The second-order valence-corrected chi connectivity index (χ2v) is 8.65. The molecule has 1 aliphatic heterocycles. The van der Waals surface area contributed by atoms with Crippen molar-refractivity contribution in [2.75, 3.05) is 13.1 Å². The van der Waals surface area contributed by atoms with Crippen LogP contribution >= 0.6 is 11.3 Å². The molecule has 0 aliphatic carbocycles. The average molecular weight is 466 g/mol. The zero-order valence-corrected chi connectivity index (χ0v) is 18.2. The largest absolute Gasteiger partial charge is 0.338 e. The second kappa shape index (κ2) is 7.93.